The molecule has 1 aliphatic heterocycles. The number of rotatable bonds is 2. The molecule has 1 aliphatic rings. The molecule has 0 saturated carbocycles. The Kier molecular flexibility index (Phi) is 3.46. The molecule has 1 aromatic rings. The summed E-state index contributed by atoms with van der Waals surface area (Å²) in [4.78, 5) is 11.7. The van der Waals surface area contributed by atoms with Crippen molar-refractivity contribution in [2.45, 2.75) is 12.6 Å². The van der Waals surface area contributed by atoms with Gasteiger partial charge in [0.1, 0.15) is 0 Å². The second-order valence-corrected chi connectivity index (χ2v) is 4.28. The molecule has 0 radical (unpaired) electrons. The van der Waals surface area contributed by atoms with Crippen molar-refractivity contribution in [3.8, 4) is 5.97 Å². The molecule has 0 bridgehead atoms. The number of nitrogens with zero attached hydrogens (tertiary/aromatic N) is 3. The molecule has 0 spiro atoms. The smallest absolute Gasteiger partial charge is 0.272 e. The van der Waals surface area contributed by atoms with Gasteiger partial charge in [-0.1, -0.05) is 0 Å². The normalized spacial score (nSPS) is 15.3. The highest BCUT2D eigenvalue weighted by Crippen LogP contribution is 2.26. The van der Waals surface area contributed by atoms with Crippen LogP contribution in [0.4, 0.5) is 15.8 Å². The molecule has 0 amide bonds. The number of nitro benzene ring substituents is 1. The number of hydrogen-bond acceptors (Lipinski definition) is 4. The third-order valence-corrected chi connectivity index (χ3v) is 3.16. The van der Waals surface area contributed by atoms with Crippen LogP contribution < -0.4 is 4.90 Å². The van der Waals surface area contributed by atoms with Gasteiger partial charge in [-0.05, 0) is 18.7 Å². The molecule has 0 atom stereocenters. The zero-order valence-electron chi connectivity index (χ0n) is 9.67. The summed E-state index contributed by atoms with van der Waals surface area (Å²) in [6.45, 7) is 1.24. The van der Waals surface area contributed by atoms with Gasteiger partial charge in [0.2, 0.25) is 0 Å². The highest BCUT2D eigenvalue weighted by molar-refractivity contribution is 6.67. The summed E-state index contributed by atoms with van der Waals surface area (Å²) in [7, 11) is 0. The van der Waals surface area contributed by atoms with Crippen LogP contribution in [-0.2, 0) is 0 Å². The number of non-ortho nitro benzene ring substituents is 1. The summed E-state index contributed by atoms with van der Waals surface area (Å²) < 4.78 is 13.8. The van der Waals surface area contributed by atoms with Crippen molar-refractivity contribution >= 4 is 18.1 Å². The van der Waals surface area contributed by atoms with Crippen LogP contribution in [0, 0.1) is 27.2 Å². The van der Waals surface area contributed by atoms with Crippen LogP contribution >= 0.6 is 0 Å². The maximum Gasteiger partial charge on any atom is 0.272 e. The lowest BCUT2D eigenvalue weighted by molar-refractivity contribution is -0.385. The average Bonchev–Trinajstić information content (AvgIpc) is 2.38. The molecule has 7 heteroatoms. The lowest BCUT2D eigenvalue weighted by atomic mass is 9.45. The van der Waals surface area contributed by atoms with Gasteiger partial charge < -0.3 is 4.90 Å². The third kappa shape index (κ3) is 2.42. The summed E-state index contributed by atoms with van der Waals surface area (Å²) in [5.74, 6) is 1.62. The first kappa shape index (κ1) is 12.4. The third-order valence-electron chi connectivity index (χ3n) is 3.16. The molecule has 92 valence electrons. The summed E-state index contributed by atoms with van der Waals surface area (Å²) in [5.41, 5.74) is 0.125. The van der Waals surface area contributed by atoms with Gasteiger partial charge in [0.25, 0.3) is 12.4 Å². The van der Waals surface area contributed by atoms with Crippen LogP contribution in [0.1, 0.15) is 0 Å². The molecule has 0 aliphatic carbocycles. The Morgan fingerprint density at radius 3 is 2.61 bits per heavy atom. The van der Waals surface area contributed by atoms with Gasteiger partial charge in [-0.15, -0.1) is 0 Å². The standard InChI is InChI=1S/C11H11BFN3O2/c13-10-7-9(16(17)18)1-2-11(10)15-5-3-12(8-14)4-6-15/h1-2,7H,3-6H2. The van der Waals surface area contributed by atoms with Crippen LogP contribution in [0.5, 0.6) is 0 Å². The van der Waals surface area contributed by atoms with Crippen LogP contribution in [0.2, 0.25) is 12.6 Å². The van der Waals surface area contributed by atoms with E-state index >= 15 is 0 Å². The highest BCUT2D eigenvalue weighted by Gasteiger charge is 2.24. The zero-order chi connectivity index (χ0) is 13.1. The van der Waals surface area contributed by atoms with Crippen molar-refractivity contribution in [1.82, 2.24) is 0 Å². The molecule has 1 saturated heterocycles. The van der Waals surface area contributed by atoms with Crippen molar-refractivity contribution < 1.29 is 9.31 Å². The number of benzene rings is 1. The molecule has 1 fully saturated rings. The van der Waals surface area contributed by atoms with Gasteiger partial charge in [0, 0.05) is 25.1 Å². The van der Waals surface area contributed by atoms with E-state index in [4.69, 9.17) is 5.26 Å². The zero-order valence-corrected chi connectivity index (χ0v) is 9.67. The molecule has 1 aromatic carbocycles. The molecular weight excluding hydrogens is 236 g/mol. The maximum absolute atomic E-state index is 13.8. The fourth-order valence-electron chi connectivity index (χ4n) is 2.12. The monoisotopic (exact) mass is 247 g/mol. The Bertz CT molecular complexity index is 510. The minimum atomic E-state index is -0.616. The van der Waals surface area contributed by atoms with E-state index in [1.54, 1.807) is 0 Å². The molecule has 0 aromatic heterocycles. The Morgan fingerprint density at radius 2 is 2.11 bits per heavy atom. The number of nitro groups is 1. The minimum absolute atomic E-state index is 0.0300. The fourth-order valence-corrected chi connectivity index (χ4v) is 2.12. The summed E-state index contributed by atoms with van der Waals surface area (Å²) >= 11 is 0. The molecule has 5 nitrogen and oxygen atoms in total. The summed E-state index contributed by atoms with van der Waals surface area (Å²) in [6, 6.07) is 3.67. The van der Waals surface area contributed by atoms with E-state index in [1.807, 2.05) is 4.90 Å². The van der Waals surface area contributed by atoms with Crippen LogP contribution in [-0.4, -0.2) is 24.7 Å². The summed E-state index contributed by atoms with van der Waals surface area (Å²) in [5, 5.41) is 19.3. The second-order valence-electron chi connectivity index (χ2n) is 4.28. The van der Waals surface area contributed by atoms with Crippen LogP contribution in [0.3, 0.4) is 0 Å². The highest BCUT2D eigenvalue weighted by atomic mass is 19.1. The average molecular weight is 247 g/mol. The predicted octanol–water partition coefficient (Wildman–Crippen LogP) is 2.11. The van der Waals surface area contributed by atoms with Crippen LogP contribution in [0.15, 0.2) is 18.2 Å². The van der Waals surface area contributed by atoms with Gasteiger partial charge in [0.05, 0.1) is 16.7 Å². The van der Waals surface area contributed by atoms with Crippen LogP contribution in [0.25, 0.3) is 0 Å². The van der Waals surface area contributed by atoms with Crippen molar-refractivity contribution in [2.75, 3.05) is 18.0 Å². The van der Waals surface area contributed by atoms with E-state index < -0.39 is 10.7 Å². The minimum Gasteiger partial charge on any atom is -0.370 e. The van der Waals surface area contributed by atoms with Gasteiger partial charge >= 0.3 is 0 Å². The number of hydrogen-bond donors (Lipinski definition) is 0. The Balaban J connectivity index is 2.15. The SMILES string of the molecule is N#CB1CCN(c2ccc([N+](=O)[O-])cc2F)CC1. The molecule has 1 heterocycles. The number of anilines is 1. The maximum atomic E-state index is 13.8. The summed E-state index contributed by atoms with van der Waals surface area (Å²) in [6.07, 6.45) is 1.40. The Hall–Kier alpha value is -2.10. The first-order valence-corrected chi connectivity index (χ1v) is 5.70. The first-order chi connectivity index (χ1) is 8.61. The Labute approximate surface area is 104 Å². The number of halogens is 1. The second kappa shape index (κ2) is 5.04. The molecular formula is C11H11BFN3O2. The van der Waals surface area contributed by atoms with Crippen molar-refractivity contribution in [3.05, 3.63) is 34.1 Å². The van der Waals surface area contributed by atoms with E-state index in [-0.39, 0.29) is 12.4 Å². The Morgan fingerprint density at radius 1 is 1.44 bits per heavy atom. The van der Waals surface area contributed by atoms with Gasteiger partial charge in [-0.3, -0.25) is 10.1 Å². The van der Waals surface area contributed by atoms with Gasteiger partial charge in [-0.2, -0.15) is 0 Å². The predicted molar refractivity (Wildman–Crippen MR) is 66.2 cm³/mol. The van der Waals surface area contributed by atoms with E-state index in [2.05, 4.69) is 5.97 Å². The lowest BCUT2D eigenvalue weighted by Gasteiger charge is -2.30. The molecule has 0 N–H and O–H groups in total. The van der Waals surface area contributed by atoms with Crippen molar-refractivity contribution in [2.24, 2.45) is 0 Å². The van der Waals surface area contributed by atoms with Crippen molar-refractivity contribution in [3.63, 3.8) is 0 Å². The van der Waals surface area contributed by atoms with Gasteiger partial charge in [-0.25, -0.2) is 9.65 Å². The number of nitriles is 1. The molecule has 18 heavy (non-hydrogen) atoms. The fraction of sp³-hybridized carbons (Fsp3) is 0.364. The topological polar surface area (TPSA) is 70.2 Å². The van der Waals surface area contributed by atoms with E-state index in [1.165, 1.54) is 12.1 Å². The quantitative estimate of drug-likeness (QED) is 0.455. The van der Waals surface area contributed by atoms with E-state index in [9.17, 15) is 14.5 Å². The van der Waals surface area contributed by atoms with E-state index in [0.717, 1.165) is 6.07 Å². The first-order valence-electron chi connectivity index (χ1n) is 5.70. The largest absolute Gasteiger partial charge is 0.370 e. The molecule has 2 rings (SSSR count). The van der Waals surface area contributed by atoms with Gasteiger partial charge in [0.15, 0.2) is 5.82 Å². The lowest BCUT2D eigenvalue weighted by Crippen LogP contribution is -2.36. The van der Waals surface area contributed by atoms with E-state index in [0.29, 0.717) is 31.4 Å². The molecule has 0 unspecified atom stereocenters. The van der Waals surface area contributed by atoms with Crippen molar-refractivity contribution in [1.29, 1.82) is 5.26 Å².